The molecule has 1 fully saturated rings. The number of piperidine rings is 1. The van der Waals surface area contributed by atoms with Gasteiger partial charge in [0.25, 0.3) is 11.6 Å². The Hall–Kier alpha value is -1.95. The van der Waals surface area contributed by atoms with E-state index in [9.17, 15) is 20.0 Å². The van der Waals surface area contributed by atoms with Crippen LogP contribution in [0, 0.1) is 16.0 Å². The van der Waals surface area contributed by atoms with Crippen molar-refractivity contribution in [2.45, 2.75) is 25.9 Å². The number of nitro groups is 1. The van der Waals surface area contributed by atoms with Crippen LogP contribution in [0.25, 0.3) is 0 Å². The van der Waals surface area contributed by atoms with Crippen molar-refractivity contribution in [1.29, 1.82) is 0 Å². The number of hydrogen-bond acceptors (Lipinski definition) is 4. The molecular formula is C14H18N2O4. The molecule has 1 saturated heterocycles. The molecule has 1 aliphatic heterocycles. The van der Waals surface area contributed by atoms with Crippen LogP contribution in [-0.4, -0.2) is 40.0 Å². The van der Waals surface area contributed by atoms with Gasteiger partial charge in [-0.2, -0.15) is 0 Å². The Bertz CT molecular complexity index is 490. The lowest BCUT2D eigenvalue weighted by Gasteiger charge is -2.33. The van der Waals surface area contributed by atoms with Crippen molar-refractivity contribution in [3.8, 4) is 0 Å². The second-order valence-corrected chi connectivity index (χ2v) is 5.17. The highest BCUT2D eigenvalue weighted by molar-refractivity contribution is 5.94. The van der Waals surface area contributed by atoms with Crippen molar-refractivity contribution < 1.29 is 14.8 Å². The smallest absolute Gasteiger partial charge is 0.269 e. The number of hydrogen-bond donors (Lipinski definition) is 1. The Balaban J connectivity index is 2.00. The SMILES string of the molecule is CC(O)C1CCN(C(=O)c2ccc([N+](=O)[O-])cc2)CC1. The number of nitro benzene ring substituents is 1. The maximum absolute atomic E-state index is 12.3. The summed E-state index contributed by atoms with van der Waals surface area (Å²) in [6, 6.07) is 5.66. The van der Waals surface area contributed by atoms with Crippen LogP contribution in [0.1, 0.15) is 30.1 Å². The lowest BCUT2D eigenvalue weighted by Crippen LogP contribution is -2.40. The number of benzene rings is 1. The predicted octanol–water partition coefficient (Wildman–Crippen LogP) is 1.83. The van der Waals surface area contributed by atoms with Gasteiger partial charge >= 0.3 is 0 Å². The van der Waals surface area contributed by atoms with Gasteiger partial charge in [0.2, 0.25) is 0 Å². The zero-order chi connectivity index (χ0) is 14.7. The van der Waals surface area contributed by atoms with Gasteiger partial charge in [0.05, 0.1) is 11.0 Å². The maximum atomic E-state index is 12.3. The summed E-state index contributed by atoms with van der Waals surface area (Å²) in [4.78, 5) is 24.1. The molecule has 0 radical (unpaired) electrons. The summed E-state index contributed by atoms with van der Waals surface area (Å²) in [6.07, 6.45) is 1.24. The summed E-state index contributed by atoms with van der Waals surface area (Å²) in [6.45, 7) is 3.01. The van der Waals surface area contributed by atoms with Crippen molar-refractivity contribution in [3.05, 3.63) is 39.9 Å². The molecule has 1 unspecified atom stereocenters. The lowest BCUT2D eigenvalue weighted by molar-refractivity contribution is -0.384. The van der Waals surface area contributed by atoms with E-state index < -0.39 is 4.92 Å². The fraction of sp³-hybridized carbons (Fsp3) is 0.500. The van der Waals surface area contributed by atoms with Crippen LogP contribution in [0.2, 0.25) is 0 Å². The summed E-state index contributed by atoms with van der Waals surface area (Å²) in [5.41, 5.74) is 0.445. The van der Waals surface area contributed by atoms with Gasteiger partial charge in [0.1, 0.15) is 0 Å². The zero-order valence-corrected chi connectivity index (χ0v) is 11.4. The molecule has 0 saturated carbocycles. The molecule has 0 aliphatic carbocycles. The molecule has 1 heterocycles. The van der Waals surface area contributed by atoms with E-state index in [1.54, 1.807) is 11.8 Å². The van der Waals surface area contributed by atoms with E-state index in [1.165, 1.54) is 24.3 Å². The zero-order valence-electron chi connectivity index (χ0n) is 11.4. The van der Waals surface area contributed by atoms with Gasteiger partial charge in [-0.1, -0.05) is 0 Å². The Morgan fingerprint density at radius 2 is 1.90 bits per heavy atom. The molecule has 0 bridgehead atoms. The summed E-state index contributed by atoms with van der Waals surface area (Å²) in [7, 11) is 0. The number of carbonyl (C=O) groups is 1. The molecule has 1 aromatic carbocycles. The first-order chi connectivity index (χ1) is 9.49. The number of aliphatic hydroxyl groups is 1. The summed E-state index contributed by atoms with van der Waals surface area (Å²) >= 11 is 0. The number of aliphatic hydroxyl groups excluding tert-OH is 1. The van der Waals surface area contributed by atoms with Crippen molar-refractivity contribution >= 4 is 11.6 Å². The van der Waals surface area contributed by atoms with E-state index in [4.69, 9.17) is 0 Å². The van der Waals surface area contributed by atoms with Crippen molar-refractivity contribution in [1.82, 2.24) is 4.90 Å². The Labute approximate surface area is 117 Å². The largest absolute Gasteiger partial charge is 0.393 e. The highest BCUT2D eigenvalue weighted by Gasteiger charge is 2.26. The third-order valence-electron chi connectivity index (χ3n) is 3.83. The third kappa shape index (κ3) is 3.14. The number of carbonyl (C=O) groups excluding carboxylic acids is 1. The standard InChI is InChI=1S/C14H18N2O4/c1-10(17)11-6-8-15(9-7-11)14(18)12-2-4-13(5-3-12)16(19)20/h2-5,10-11,17H,6-9H2,1H3. The molecule has 1 atom stereocenters. The molecule has 6 heteroatoms. The van der Waals surface area contributed by atoms with Gasteiger partial charge in [-0.15, -0.1) is 0 Å². The van der Waals surface area contributed by atoms with Gasteiger partial charge in [0.15, 0.2) is 0 Å². The minimum absolute atomic E-state index is 0.0191. The molecule has 1 aromatic rings. The van der Waals surface area contributed by atoms with Crippen LogP contribution in [0.5, 0.6) is 0 Å². The number of likely N-dealkylation sites (tertiary alicyclic amines) is 1. The summed E-state index contributed by atoms with van der Waals surface area (Å²) in [5.74, 6) is 0.139. The molecule has 2 rings (SSSR count). The van der Waals surface area contributed by atoms with Crippen LogP contribution >= 0.6 is 0 Å². The quantitative estimate of drug-likeness (QED) is 0.675. The summed E-state index contributed by atoms with van der Waals surface area (Å²) in [5, 5.41) is 20.1. The predicted molar refractivity (Wildman–Crippen MR) is 73.4 cm³/mol. The van der Waals surface area contributed by atoms with Crippen molar-refractivity contribution in [2.75, 3.05) is 13.1 Å². The first-order valence-corrected chi connectivity index (χ1v) is 6.71. The van der Waals surface area contributed by atoms with E-state index in [-0.39, 0.29) is 23.6 Å². The number of amides is 1. The van der Waals surface area contributed by atoms with E-state index in [1.807, 2.05) is 0 Å². The lowest BCUT2D eigenvalue weighted by atomic mass is 9.92. The Morgan fingerprint density at radius 3 is 2.35 bits per heavy atom. The van der Waals surface area contributed by atoms with Crippen LogP contribution in [-0.2, 0) is 0 Å². The van der Waals surface area contributed by atoms with E-state index >= 15 is 0 Å². The summed E-state index contributed by atoms with van der Waals surface area (Å²) < 4.78 is 0. The Morgan fingerprint density at radius 1 is 1.35 bits per heavy atom. The fourth-order valence-corrected chi connectivity index (χ4v) is 2.49. The first-order valence-electron chi connectivity index (χ1n) is 6.71. The maximum Gasteiger partial charge on any atom is 0.269 e. The highest BCUT2D eigenvalue weighted by Crippen LogP contribution is 2.22. The van der Waals surface area contributed by atoms with Crippen LogP contribution in [0.15, 0.2) is 24.3 Å². The van der Waals surface area contributed by atoms with Crippen molar-refractivity contribution in [2.24, 2.45) is 5.92 Å². The van der Waals surface area contributed by atoms with Crippen LogP contribution in [0.3, 0.4) is 0 Å². The average Bonchev–Trinajstić information content (AvgIpc) is 2.46. The second-order valence-electron chi connectivity index (χ2n) is 5.17. The number of rotatable bonds is 3. The topological polar surface area (TPSA) is 83.7 Å². The second kappa shape index (κ2) is 6.00. The van der Waals surface area contributed by atoms with Gasteiger partial charge in [0, 0.05) is 30.8 Å². The molecule has 1 N–H and O–H groups in total. The van der Waals surface area contributed by atoms with Crippen molar-refractivity contribution in [3.63, 3.8) is 0 Å². The molecule has 1 amide bonds. The normalized spacial score (nSPS) is 17.8. The third-order valence-corrected chi connectivity index (χ3v) is 3.83. The molecule has 108 valence electrons. The molecule has 0 spiro atoms. The number of nitrogens with zero attached hydrogens (tertiary/aromatic N) is 2. The molecule has 6 nitrogen and oxygen atoms in total. The van der Waals surface area contributed by atoms with E-state index in [0.29, 0.717) is 18.7 Å². The first kappa shape index (κ1) is 14.5. The fourth-order valence-electron chi connectivity index (χ4n) is 2.49. The molecule has 1 aliphatic rings. The Kier molecular flexibility index (Phi) is 4.34. The van der Waals surface area contributed by atoms with Crippen LogP contribution in [0.4, 0.5) is 5.69 Å². The average molecular weight is 278 g/mol. The molecule has 0 aromatic heterocycles. The monoisotopic (exact) mass is 278 g/mol. The van der Waals surface area contributed by atoms with Gasteiger partial charge in [-0.05, 0) is 37.8 Å². The molecular weight excluding hydrogens is 260 g/mol. The minimum Gasteiger partial charge on any atom is -0.393 e. The van der Waals surface area contributed by atoms with Gasteiger partial charge in [-0.3, -0.25) is 14.9 Å². The van der Waals surface area contributed by atoms with Crippen LogP contribution < -0.4 is 0 Å². The highest BCUT2D eigenvalue weighted by atomic mass is 16.6. The van der Waals surface area contributed by atoms with E-state index in [2.05, 4.69) is 0 Å². The van der Waals surface area contributed by atoms with E-state index in [0.717, 1.165) is 12.8 Å². The van der Waals surface area contributed by atoms with Gasteiger partial charge < -0.3 is 10.0 Å². The van der Waals surface area contributed by atoms with Gasteiger partial charge in [-0.25, -0.2) is 0 Å². The molecule has 20 heavy (non-hydrogen) atoms. The minimum atomic E-state index is -0.484. The number of non-ortho nitro benzene ring substituents is 1.